The maximum absolute atomic E-state index is 13.9. The summed E-state index contributed by atoms with van der Waals surface area (Å²) >= 11 is 9.62. The number of anilines is 2. The molecule has 0 radical (unpaired) electrons. The number of nitrogens with zero attached hydrogens (tertiary/aromatic N) is 3. The second kappa shape index (κ2) is 9.38. The summed E-state index contributed by atoms with van der Waals surface area (Å²) in [5, 5.41) is 20.0. The Morgan fingerprint density at radius 2 is 2.00 bits per heavy atom. The number of halogens is 5. The van der Waals surface area contributed by atoms with Crippen molar-refractivity contribution in [1.29, 1.82) is 0 Å². The summed E-state index contributed by atoms with van der Waals surface area (Å²) in [6, 6.07) is 7.53. The van der Waals surface area contributed by atoms with Gasteiger partial charge in [-0.2, -0.15) is 18.3 Å². The molecule has 1 aromatic heterocycles. The van der Waals surface area contributed by atoms with Crippen molar-refractivity contribution >= 4 is 50.6 Å². The number of alkyl halides is 3. The Hall–Kier alpha value is -3.32. The minimum atomic E-state index is -4.67. The number of aromatic nitrogens is 2. The number of hydrogen-bond donors (Lipinski definition) is 2. The SMILES string of the molecule is COc1cc(NC(=O)c2nn3c(c2Cl)N[C@@H](c2ccc(Br)cc2)C[C@@H]3C(F)(F)F)cc([N+](=O)[O-])c1. The number of nitrogens with one attached hydrogen (secondary N) is 2. The molecule has 2 N–H and O–H groups in total. The van der Waals surface area contributed by atoms with Crippen LogP contribution in [0.4, 0.5) is 30.4 Å². The van der Waals surface area contributed by atoms with E-state index < -0.39 is 34.8 Å². The minimum absolute atomic E-state index is 0.0174. The van der Waals surface area contributed by atoms with Crippen LogP contribution in [0.25, 0.3) is 0 Å². The van der Waals surface area contributed by atoms with Crippen LogP contribution >= 0.6 is 27.5 Å². The second-order valence-corrected chi connectivity index (χ2v) is 8.92. The summed E-state index contributed by atoms with van der Waals surface area (Å²) in [7, 11) is 1.29. The van der Waals surface area contributed by atoms with Gasteiger partial charge < -0.3 is 15.4 Å². The van der Waals surface area contributed by atoms with Crippen molar-refractivity contribution in [1.82, 2.24) is 9.78 Å². The predicted molar refractivity (Wildman–Crippen MR) is 125 cm³/mol. The maximum Gasteiger partial charge on any atom is 0.410 e. The number of fused-ring (bicyclic) bond motifs is 1. The van der Waals surface area contributed by atoms with Gasteiger partial charge in [-0.3, -0.25) is 14.9 Å². The third-order valence-corrected chi connectivity index (χ3v) is 6.27. The van der Waals surface area contributed by atoms with Crippen LogP contribution in [0.3, 0.4) is 0 Å². The Balaban J connectivity index is 1.69. The van der Waals surface area contributed by atoms with Gasteiger partial charge in [-0.25, -0.2) is 4.68 Å². The van der Waals surface area contributed by atoms with Crippen LogP contribution in [0.1, 0.15) is 34.6 Å². The molecule has 2 atom stereocenters. The van der Waals surface area contributed by atoms with E-state index in [2.05, 4.69) is 31.7 Å². The Kier molecular flexibility index (Phi) is 6.64. The van der Waals surface area contributed by atoms with Crippen molar-refractivity contribution in [3.05, 3.63) is 73.3 Å². The van der Waals surface area contributed by atoms with Gasteiger partial charge in [0, 0.05) is 23.0 Å². The molecular weight excluding hydrogens is 559 g/mol. The third-order valence-electron chi connectivity index (χ3n) is 5.38. The average Bonchev–Trinajstić information content (AvgIpc) is 3.14. The summed E-state index contributed by atoms with van der Waals surface area (Å²) in [5.74, 6) is -1.00. The van der Waals surface area contributed by atoms with Gasteiger partial charge in [0.1, 0.15) is 16.6 Å². The maximum atomic E-state index is 13.9. The van der Waals surface area contributed by atoms with Crippen LogP contribution in [0.2, 0.25) is 5.02 Å². The zero-order valence-corrected chi connectivity index (χ0v) is 20.1. The molecule has 14 heteroatoms. The van der Waals surface area contributed by atoms with Gasteiger partial charge in [-0.05, 0) is 17.7 Å². The first-order chi connectivity index (χ1) is 16.5. The molecule has 0 fully saturated rings. The molecule has 9 nitrogen and oxygen atoms in total. The van der Waals surface area contributed by atoms with Gasteiger partial charge in [-0.15, -0.1) is 0 Å². The number of ether oxygens (including phenoxy) is 1. The summed E-state index contributed by atoms with van der Waals surface area (Å²) in [6.07, 6.45) is -5.04. The van der Waals surface area contributed by atoms with Crippen molar-refractivity contribution < 1.29 is 27.6 Å². The number of carbonyl (C=O) groups excluding carboxylic acids is 1. The zero-order chi connectivity index (χ0) is 25.5. The lowest BCUT2D eigenvalue weighted by Crippen LogP contribution is -2.35. The van der Waals surface area contributed by atoms with Crippen LogP contribution < -0.4 is 15.4 Å². The normalized spacial score (nSPS) is 17.3. The molecule has 35 heavy (non-hydrogen) atoms. The van der Waals surface area contributed by atoms with Crippen molar-refractivity contribution in [2.75, 3.05) is 17.7 Å². The van der Waals surface area contributed by atoms with Crippen LogP contribution in [0.5, 0.6) is 5.75 Å². The van der Waals surface area contributed by atoms with E-state index in [4.69, 9.17) is 16.3 Å². The second-order valence-electron chi connectivity index (χ2n) is 7.63. The first kappa shape index (κ1) is 24.8. The average molecular weight is 575 g/mol. The highest BCUT2D eigenvalue weighted by molar-refractivity contribution is 9.10. The molecule has 184 valence electrons. The molecule has 3 aromatic rings. The van der Waals surface area contributed by atoms with Crippen LogP contribution in [0.15, 0.2) is 46.9 Å². The van der Waals surface area contributed by atoms with Gasteiger partial charge in [0.2, 0.25) is 0 Å². The van der Waals surface area contributed by atoms with E-state index in [1.165, 1.54) is 13.2 Å². The molecule has 0 saturated carbocycles. The Morgan fingerprint density at radius 1 is 1.31 bits per heavy atom. The summed E-state index contributed by atoms with van der Waals surface area (Å²) in [6.45, 7) is 0. The van der Waals surface area contributed by atoms with Crippen LogP contribution in [0, 0.1) is 10.1 Å². The Morgan fingerprint density at radius 3 is 2.60 bits per heavy atom. The fourth-order valence-electron chi connectivity index (χ4n) is 3.72. The lowest BCUT2D eigenvalue weighted by molar-refractivity contribution is -0.384. The third kappa shape index (κ3) is 5.05. The lowest BCUT2D eigenvalue weighted by Gasteiger charge is -2.33. The number of nitro benzene ring substituents is 1. The lowest BCUT2D eigenvalue weighted by atomic mass is 9.97. The smallest absolute Gasteiger partial charge is 0.410 e. The molecule has 4 rings (SSSR count). The number of hydrogen-bond acceptors (Lipinski definition) is 6. The van der Waals surface area contributed by atoms with Crippen molar-refractivity contribution in [2.24, 2.45) is 0 Å². The molecule has 1 aliphatic rings. The van der Waals surface area contributed by atoms with Gasteiger partial charge in [0.05, 0.1) is 29.8 Å². The highest BCUT2D eigenvalue weighted by Crippen LogP contribution is 2.46. The largest absolute Gasteiger partial charge is 0.496 e. The molecule has 0 aliphatic carbocycles. The summed E-state index contributed by atoms with van der Waals surface area (Å²) < 4.78 is 48.3. The highest BCUT2D eigenvalue weighted by atomic mass is 79.9. The minimum Gasteiger partial charge on any atom is -0.496 e. The molecule has 1 aliphatic heterocycles. The van der Waals surface area contributed by atoms with Gasteiger partial charge in [-0.1, -0.05) is 39.7 Å². The van der Waals surface area contributed by atoms with E-state index >= 15 is 0 Å². The monoisotopic (exact) mass is 573 g/mol. The zero-order valence-electron chi connectivity index (χ0n) is 17.8. The molecular formula is C21H16BrClF3N5O4. The van der Waals surface area contributed by atoms with E-state index in [1.807, 2.05) is 0 Å². The Labute approximate surface area is 209 Å². The van der Waals surface area contributed by atoms with Crippen LogP contribution in [-0.2, 0) is 0 Å². The predicted octanol–water partition coefficient (Wildman–Crippen LogP) is 6.13. The summed E-state index contributed by atoms with van der Waals surface area (Å²) in [5.41, 5.74) is -0.242. The van der Waals surface area contributed by atoms with Crippen LogP contribution in [-0.4, -0.2) is 33.9 Å². The number of carbonyl (C=O) groups is 1. The van der Waals surface area contributed by atoms with Gasteiger partial charge in [0.15, 0.2) is 11.7 Å². The molecule has 2 heterocycles. The van der Waals surface area contributed by atoms with E-state index in [0.29, 0.717) is 10.2 Å². The van der Waals surface area contributed by atoms with E-state index in [1.54, 1.807) is 24.3 Å². The molecule has 0 spiro atoms. The number of nitro groups is 1. The van der Waals surface area contributed by atoms with Crippen molar-refractivity contribution in [3.63, 3.8) is 0 Å². The van der Waals surface area contributed by atoms with E-state index in [-0.39, 0.29) is 34.4 Å². The molecule has 0 bridgehead atoms. The van der Waals surface area contributed by atoms with Gasteiger partial charge in [0.25, 0.3) is 11.6 Å². The quantitative estimate of drug-likeness (QED) is 0.280. The molecule has 1 amide bonds. The fraction of sp³-hybridized carbons (Fsp3) is 0.238. The fourth-order valence-corrected chi connectivity index (χ4v) is 4.25. The van der Waals surface area contributed by atoms with Crippen molar-refractivity contribution in [3.8, 4) is 5.75 Å². The van der Waals surface area contributed by atoms with E-state index in [9.17, 15) is 28.1 Å². The van der Waals surface area contributed by atoms with Gasteiger partial charge >= 0.3 is 6.18 Å². The topological polar surface area (TPSA) is 111 Å². The first-order valence-electron chi connectivity index (χ1n) is 9.99. The Bertz CT molecular complexity index is 1300. The molecule has 2 aromatic carbocycles. The number of amides is 1. The standard InChI is InChI=1S/C21H16BrClF3N5O4/c1-35-14-7-12(6-13(8-14)31(33)34)27-20(32)18-17(23)19-28-15(10-2-4-11(22)5-3-10)9-16(21(24,25)26)30(19)29-18/h2-8,15-16,28H,9H2,1H3,(H,27,32)/t15-,16-/m1/s1. The number of methoxy groups -OCH3 is 1. The highest BCUT2D eigenvalue weighted by Gasteiger charge is 2.47. The summed E-state index contributed by atoms with van der Waals surface area (Å²) in [4.78, 5) is 23.3. The molecule has 0 saturated heterocycles. The van der Waals surface area contributed by atoms with Crippen molar-refractivity contribution in [2.45, 2.75) is 24.7 Å². The number of non-ortho nitro benzene ring substituents is 1. The first-order valence-corrected chi connectivity index (χ1v) is 11.2. The number of benzene rings is 2. The number of rotatable bonds is 5. The van der Waals surface area contributed by atoms with E-state index in [0.717, 1.165) is 16.6 Å². The molecule has 0 unspecified atom stereocenters.